The molecule has 2 aromatic rings. The number of amides is 2. The first-order chi connectivity index (χ1) is 11.3. The SMILES string of the molecule is Cc1nc(SCCNC(=O)Nc2cc(S(C)(=O)=O)ccc2C)n[nH]1. The molecule has 130 valence electrons. The second-order valence-electron chi connectivity index (χ2n) is 5.18. The van der Waals surface area contributed by atoms with Gasteiger partial charge in [0.05, 0.1) is 4.90 Å². The van der Waals surface area contributed by atoms with Crippen LogP contribution in [0.4, 0.5) is 10.5 Å². The van der Waals surface area contributed by atoms with Crippen molar-refractivity contribution in [2.24, 2.45) is 0 Å². The lowest BCUT2D eigenvalue weighted by Gasteiger charge is -2.11. The van der Waals surface area contributed by atoms with Crippen LogP contribution in [0.15, 0.2) is 28.3 Å². The Kier molecular flexibility index (Phi) is 5.84. The van der Waals surface area contributed by atoms with Crippen LogP contribution in [0.3, 0.4) is 0 Å². The van der Waals surface area contributed by atoms with Crippen molar-refractivity contribution < 1.29 is 13.2 Å². The molecule has 0 spiro atoms. The fraction of sp³-hybridized carbons (Fsp3) is 0.357. The molecule has 24 heavy (non-hydrogen) atoms. The number of thioether (sulfide) groups is 1. The lowest BCUT2D eigenvalue weighted by Crippen LogP contribution is -2.30. The smallest absolute Gasteiger partial charge is 0.319 e. The monoisotopic (exact) mass is 369 g/mol. The maximum atomic E-state index is 11.9. The Labute approximate surface area is 144 Å². The highest BCUT2D eigenvalue weighted by Crippen LogP contribution is 2.20. The Bertz CT molecular complexity index is 833. The molecular formula is C14H19N5O3S2. The number of urea groups is 1. The largest absolute Gasteiger partial charge is 0.337 e. The van der Waals surface area contributed by atoms with Gasteiger partial charge in [-0.1, -0.05) is 17.8 Å². The van der Waals surface area contributed by atoms with Gasteiger partial charge in [0.1, 0.15) is 5.82 Å². The predicted octanol–water partition coefficient (Wildman–Crippen LogP) is 1.74. The summed E-state index contributed by atoms with van der Waals surface area (Å²) in [5, 5.41) is 12.7. The van der Waals surface area contributed by atoms with Crippen LogP contribution in [-0.4, -0.2) is 48.2 Å². The van der Waals surface area contributed by atoms with Crippen molar-refractivity contribution in [2.75, 3.05) is 23.9 Å². The van der Waals surface area contributed by atoms with Gasteiger partial charge in [-0.15, -0.1) is 5.10 Å². The van der Waals surface area contributed by atoms with Gasteiger partial charge >= 0.3 is 6.03 Å². The van der Waals surface area contributed by atoms with Gasteiger partial charge in [0, 0.05) is 24.2 Å². The van der Waals surface area contributed by atoms with E-state index in [1.807, 2.05) is 6.92 Å². The Hall–Kier alpha value is -2.07. The molecule has 2 amide bonds. The summed E-state index contributed by atoms with van der Waals surface area (Å²) >= 11 is 1.42. The fourth-order valence-corrected chi connectivity index (χ4v) is 3.17. The molecule has 1 aromatic carbocycles. The number of nitrogens with zero attached hydrogens (tertiary/aromatic N) is 2. The van der Waals surface area contributed by atoms with Gasteiger partial charge in [0.15, 0.2) is 9.84 Å². The molecule has 0 aliphatic heterocycles. The highest BCUT2D eigenvalue weighted by molar-refractivity contribution is 7.99. The third kappa shape index (κ3) is 5.24. The number of benzene rings is 1. The molecule has 10 heteroatoms. The van der Waals surface area contributed by atoms with Gasteiger partial charge in [-0.2, -0.15) is 0 Å². The number of aromatic amines is 1. The number of carbonyl (C=O) groups excluding carboxylic acids is 1. The summed E-state index contributed by atoms with van der Waals surface area (Å²) in [6.07, 6.45) is 1.13. The van der Waals surface area contributed by atoms with Crippen LogP contribution >= 0.6 is 11.8 Å². The number of nitrogens with one attached hydrogen (secondary N) is 3. The van der Waals surface area contributed by atoms with Crippen molar-refractivity contribution in [3.8, 4) is 0 Å². The molecule has 0 radical (unpaired) electrons. The minimum absolute atomic E-state index is 0.166. The van der Waals surface area contributed by atoms with Gasteiger partial charge in [0.2, 0.25) is 5.16 Å². The number of aromatic nitrogens is 3. The number of rotatable bonds is 6. The average Bonchev–Trinajstić information content (AvgIpc) is 2.90. The molecule has 0 unspecified atom stereocenters. The Balaban J connectivity index is 1.86. The van der Waals surface area contributed by atoms with E-state index in [2.05, 4.69) is 25.8 Å². The van der Waals surface area contributed by atoms with Crippen LogP contribution in [0.1, 0.15) is 11.4 Å². The summed E-state index contributed by atoms with van der Waals surface area (Å²) in [6.45, 7) is 4.04. The topological polar surface area (TPSA) is 117 Å². The van der Waals surface area contributed by atoms with E-state index in [0.717, 1.165) is 17.6 Å². The standard InChI is InChI=1S/C14H19N5O3S2/c1-9-4-5-11(24(3,21)22)8-12(9)17-13(20)15-6-7-23-14-16-10(2)18-19-14/h4-5,8H,6-7H2,1-3H3,(H2,15,17,20)(H,16,18,19). The average molecular weight is 369 g/mol. The van der Waals surface area contributed by atoms with E-state index < -0.39 is 15.9 Å². The van der Waals surface area contributed by atoms with Crippen LogP contribution in [-0.2, 0) is 9.84 Å². The Morgan fingerprint density at radius 3 is 2.71 bits per heavy atom. The number of aryl methyl sites for hydroxylation is 2. The van der Waals surface area contributed by atoms with Crippen molar-refractivity contribution in [2.45, 2.75) is 23.9 Å². The molecule has 1 aromatic heterocycles. The molecule has 0 fully saturated rings. The van der Waals surface area contributed by atoms with Crippen molar-refractivity contribution in [1.29, 1.82) is 0 Å². The molecule has 0 aliphatic rings. The van der Waals surface area contributed by atoms with Gasteiger partial charge in [-0.25, -0.2) is 18.2 Å². The maximum Gasteiger partial charge on any atom is 0.319 e. The third-order valence-electron chi connectivity index (χ3n) is 3.08. The van der Waals surface area contributed by atoms with E-state index in [0.29, 0.717) is 23.1 Å². The summed E-state index contributed by atoms with van der Waals surface area (Å²) in [4.78, 5) is 16.2. The first kappa shape index (κ1) is 18.3. The highest BCUT2D eigenvalue weighted by atomic mass is 32.2. The maximum absolute atomic E-state index is 11.9. The van der Waals surface area contributed by atoms with Crippen LogP contribution in [0.25, 0.3) is 0 Å². The van der Waals surface area contributed by atoms with Crippen LogP contribution < -0.4 is 10.6 Å². The van der Waals surface area contributed by atoms with E-state index >= 15 is 0 Å². The van der Waals surface area contributed by atoms with Crippen LogP contribution in [0.2, 0.25) is 0 Å². The number of carbonyl (C=O) groups is 1. The van der Waals surface area contributed by atoms with Crippen molar-refractivity contribution >= 4 is 33.3 Å². The molecule has 1 heterocycles. The molecular weight excluding hydrogens is 350 g/mol. The van der Waals surface area contributed by atoms with Crippen LogP contribution in [0.5, 0.6) is 0 Å². The van der Waals surface area contributed by atoms with Gasteiger partial charge in [-0.3, -0.25) is 5.10 Å². The molecule has 0 aliphatic carbocycles. The van der Waals surface area contributed by atoms with E-state index in [9.17, 15) is 13.2 Å². The van der Waals surface area contributed by atoms with Gasteiger partial charge < -0.3 is 10.6 Å². The second kappa shape index (κ2) is 7.67. The van der Waals surface area contributed by atoms with Gasteiger partial charge in [-0.05, 0) is 31.5 Å². The van der Waals surface area contributed by atoms with Crippen molar-refractivity contribution in [3.05, 3.63) is 29.6 Å². The predicted molar refractivity (Wildman–Crippen MR) is 93.2 cm³/mol. The third-order valence-corrected chi connectivity index (χ3v) is 5.04. The lowest BCUT2D eigenvalue weighted by molar-refractivity contribution is 0.252. The molecule has 3 N–H and O–H groups in total. The zero-order chi connectivity index (χ0) is 17.7. The molecule has 2 rings (SSSR count). The molecule has 0 atom stereocenters. The quantitative estimate of drug-likeness (QED) is 0.527. The first-order valence-electron chi connectivity index (χ1n) is 7.13. The highest BCUT2D eigenvalue weighted by Gasteiger charge is 2.11. The lowest BCUT2D eigenvalue weighted by atomic mass is 10.2. The van der Waals surface area contributed by atoms with E-state index in [-0.39, 0.29) is 4.90 Å². The Morgan fingerprint density at radius 2 is 2.08 bits per heavy atom. The number of anilines is 1. The first-order valence-corrected chi connectivity index (χ1v) is 10.0. The zero-order valence-corrected chi connectivity index (χ0v) is 15.2. The van der Waals surface area contributed by atoms with E-state index in [1.165, 1.54) is 23.9 Å². The molecule has 8 nitrogen and oxygen atoms in total. The number of hydrogen-bond acceptors (Lipinski definition) is 6. The molecule has 0 bridgehead atoms. The van der Waals surface area contributed by atoms with Gasteiger partial charge in [0.25, 0.3) is 0 Å². The van der Waals surface area contributed by atoms with E-state index in [4.69, 9.17) is 0 Å². The minimum atomic E-state index is -3.32. The minimum Gasteiger partial charge on any atom is -0.337 e. The fourth-order valence-electron chi connectivity index (χ4n) is 1.83. The Morgan fingerprint density at radius 1 is 1.33 bits per heavy atom. The number of sulfone groups is 1. The summed E-state index contributed by atoms with van der Waals surface area (Å²) in [6, 6.07) is 4.24. The van der Waals surface area contributed by atoms with Crippen molar-refractivity contribution in [1.82, 2.24) is 20.5 Å². The summed E-state index contributed by atoms with van der Waals surface area (Å²) in [5.41, 5.74) is 1.25. The van der Waals surface area contributed by atoms with Crippen molar-refractivity contribution in [3.63, 3.8) is 0 Å². The molecule has 0 saturated carbocycles. The second-order valence-corrected chi connectivity index (χ2v) is 8.26. The normalized spacial score (nSPS) is 11.3. The zero-order valence-electron chi connectivity index (χ0n) is 13.6. The van der Waals surface area contributed by atoms with Crippen LogP contribution in [0, 0.1) is 13.8 Å². The summed E-state index contributed by atoms with van der Waals surface area (Å²) < 4.78 is 23.2. The summed E-state index contributed by atoms with van der Waals surface area (Å²) in [5.74, 6) is 1.36. The summed E-state index contributed by atoms with van der Waals surface area (Å²) in [7, 11) is -3.32. The van der Waals surface area contributed by atoms with E-state index in [1.54, 1.807) is 13.0 Å². The molecule has 0 saturated heterocycles. The number of H-pyrrole nitrogens is 1. The number of hydrogen-bond donors (Lipinski definition) is 3.